The summed E-state index contributed by atoms with van der Waals surface area (Å²) in [6, 6.07) is 9.76. The van der Waals surface area contributed by atoms with Crippen molar-refractivity contribution in [2.45, 2.75) is 19.9 Å². The zero-order chi connectivity index (χ0) is 13.5. The molecule has 1 aromatic heterocycles. The maximum atomic E-state index is 12.8. The Hall–Kier alpha value is -1.94. The van der Waals surface area contributed by atoms with Gasteiger partial charge in [-0.25, -0.2) is 9.37 Å². The number of nitrogens with zero attached hydrogens (tertiary/aromatic N) is 1. The molecule has 0 amide bonds. The second-order valence-electron chi connectivity index (χ2n) is 4.20. The molecule has 2 aromatic rings. The van der Waals surface area contributed by atoms with Gasteiger partial charge in [-0.1, -0.05) is 13.0 Å². The van der Waals surface area contributed by atoms with Gasteiger partial charge in [0, 0.05) is 18.3 Å². The Bertz CT molecular complexity index is 514. The van der Waals surface area contributed by atoms with Crippen LogP contribution in [-0.2, 0) is 6.54 Å². The van der Waals surface area contributed by atoms with Gasteiger partial charge in [-0.05, 0) is 43.3 Å². The molecular formula is C15H17FN2O. The van der Waals surface area contributed by atoms with Gasteiger partial charge >= 0.3 is 0 Å². The van der Waals surface area contributed by atoms with Crippen LogP contribution in [0.5, 0.6) is 11.6 Å². The SMILES string of the molecule is CCCNCc1cccnc1Oc1ccc(F)cc1. The van der Waals surface area contributed by atoms with Crippen molar-refractivity contribution in [2.75, 3.05) is 6.54 Å². The summed E-state index contributed by atoms with van der Waals surface area (Å²) in [4.78, 5) is 4.22. The Kier molecular flexibility index (Phi) is 4.86. The highest BCUT2D eigenvalue weighted by molar-refractivity contribution is 5.32. The van der Waals surface area contributed by atoms with Crippen LogP contribution in [0.25, 0.3) is 0 Å². The lowest BCUT2D eigenvalue weighted by molar-refractivity contribution is 0.451. The molecular weight excluding hydrogens is 243 g/mol. The number of benzene rings is 1. The topological polar surface area (TPSA) is 34.2 Å². The minimum Gasteiger partial charge on any atom is -0.439 e. The molecule has 1 N–H and O–H groups in total. The van der Waals surface area contributed by atoms with E-state index in [2.05, 4.69) is 17.2 Å². The van der Waals surface area contributed by atoms with E-state index in [9.17, 15) is 4.39 Å². The lowest BCUT2D eigenvalue weighted by atomic mass is 10.2. The number of halogens is 1. The molecule has 0 fully saturated rings. The van der Waals surface area contributed by atoms with E-state index in [-0.39, 0.29) is 5.82 Å². The normalized spacial score (nSPS) is 10.4. The van der Waals surface area contributed by atoms with Crippen molar-refractivity contribution >= 4 is 0 Å². The number of nitrogens with one attached hydrogen (secondary N) is 1. The minimum atomic E-state index is -0.279. The fraction of sp³-hybridized carbons (Fsp3) is 0.267. The summed E-state index contributed by atoms with van der Waals surface area (Å²) in [6.07, 6.45) is 2.76. The molecule has 3 nitrogen and oxygen atoms in total. The van der Waals surface area contributed by atoms with Crippen molar-refractivity contribution in [2.24, 2.45) is 0 Å². The summed E-state index contributed by atoms with van der Waals surface area (Å²) in [5.74, 6) is 0.854. The average molecular weight is 260 g/mol. The Balaban J connectivity index is 2.08. The first kappa shape index (κ1) is 13.5. The van der Waals surface area contributed by atoms with Crippen molar-refractivity contribution in [3.05, 3.63) is 54.0 Å². The summed E-state index contributed by atoms with van der Waals surface area (Å²) < 4.78 is 18.5. The molecule has 0 saturated carbocycles. The molecule has 0 unspecified atom stereocenters. The van der Waals surface area contributed by atoms with Crippen molar-refractivity contribution in [3.63, 3.8) is 0 Å². The molecule has 0 radical (unpaired) electrons. The van der Waals surface area contributed by atoms with Crippen LogP contribution in [0.1, 0.15) is 18.9 Å². The van der Waals surface area contributed by atoms with Crippen LogP contribution >= 0.6 is 0 Å². The minimum absolute atomic E-state index is 0.279. The number of aromatic nitrogens is 1. The molecule has 4 heteroatoms. The first-order valence-electron chi connectivity index (χ1n) is 6.37. The monoisotopic (exact) mass is 260 g/mol. The third kappa shape index (κ3) is 4.03. The first-order valence-corrected chi connectivity index (χ1v) is 6.37. The predicted molar refractivity (Wildman–Crippen MR) is 72.7 cm³/mol. The van der Waals surface area contributed by atoms with E-state index in [1.807, 2.05) is 12.1 Å². The van der Waals surface area contributed by atoms with Crippen LogP contribution in [0.2, 0.25) is 0 Å². The standard InChI is InChI=1S/C15H17FN2O/c1-2-9-17-11-12-4-3-10-18-15(12)19-14-7-5-13(16)6-8-14/h3-8,10,17H,2,9,11H2,1H3. The number of hydrogen-bond donors (Lipinski definition) is 1. The smallest absolute Gasteiger partial charge is 0.223 e. The third-order valence-corrected chi connectivity index (χ3v) is 2.62. The Morgan fingerprint density at radius 1 is 1.21 bits per heavy atom. The van der Waals surface area contributed by atoms with Crippen LogP contribution in [0.15, 0.2) is 42.6 Å². The summed E-state index contributed by atoms with van der Waals surface area (Å²) in [5.41, 5.74) is 0.986. The summed E-state index contributed by atoms with van der Waals surface area (Å²) in [5, 5.41) is 3.31. The summed E-state index contributed by atoms with van der Waals surface area (Å²) in [6.45, 7) is 3.77. The predicted octanol–water partition coefficient (Wildman–Crippen LogP) is 3.51. The third-order valence-electron chi connectivity index (χ3n) is 2.62. The maximum Gasteiger partial charge on any atom is 0.223 e. The maximum absolute atomic E-state index is 12.8. The highest BCUT2D eigenvalue weighted by Crippen LogP contribution is 2.22. The van der Waals surface area contributed by atoms with Gasteiger partial charge in [-0.15, -0.1) is 0 Å². The molecule has 2 rings (SSSR count). The number of rotatable bonds is 6. The highest BCUT2D eigenvalue weighted by atomic mass is 19.1. The van der Waals surface area contributed by atoms with Crippen molar-refractivity contribution in [3.8, 4) is 11.6 Å². The van der Waals surface area contributed by atoms with Crippen molar-refractivity contribution in [1.29, 1.82) is 0 Å². The molecule has 0 aliphatic carbocycles. The van der Waals surface area contributed by atoms with Gasteiger partial charge in [-0.2, -0.15) is 0 Å². The van der Waals surface area contributed by atoms with Gasteiger partial charge in [0.25, 0.3) is 0 Å². The summed E-state index contributed by atoms with van der Waals surface area (Å²) >= 11 is 0. The zero-order valence-corrected chi connectivity index (χ0v) is 10.9. The largest absolute Gasteiger partial charge is 0.439 e. The molecule has 0 bridgehead atoms. The Labute approximate surface area is 112 Å². The van der Waals surface area contributed by atoms with E-state index in [1.165, 1.54) is 12.1 Å². The first-order chi connectivity index (χ1) is 9.29. The molecule has 0 saturated heterocycles. The van der Waals surface area contributed by atoms with Crippen LogP contribution in [0.4, 0.5) is 4.39 Å². The zero-order valence-electron chi connectivity index (χ0n) is 10.9. The van der Waals surface area contributed by atoms with E-state index < -0.39 is 0 Å². The average Bonchev–Trinajstić information content (AvgIpc) is 2.43. The highest BCUT2D eigenvalue weighted by Gasteiger charge is 2.05. The van der Waals surface area contributed by atoms with E-state index >= 15 is 0 Å². The number of ether oxygens (including phenoxy) is 1. The molecule has 100 valence electrons. The molecule has 1 heterocycles. The fourth-order valence-electron chi connectivity index (χ4n) is 1.66. The van der Waals surface area contributed by atoms with Gasteiger partial charge < -0.3 is 10.1 Å². The van der Waals surface area contributed by atoms with E-state index in [1.54, 1.807) is 18.3 Å². The van der Waals surface area contributed by atoms with E-state index in [0.29, 0.717) is 18.2 Å². The van der Waals surface area contributed by atoms with Crippen LogP contribution in [-0.4, -0.2) is 11.5 Å². The molecule has 1 aromatic carbocycles. The quantitative estimate of drug-likeness (QED) is 0.807. The van der Waals surface area contributed by atoms with Gasteiger partial charge in [-0.3, -0.25) is 0 Å². The van der Waals surface area contributed by atoms with Crippen LogP contribution < -0.4 is 10.1 Å². The molecule has 0 aliphatic rings. The van der Waals surface area contributed by atoms with Gasteiger partial charge in [0.05, 0.1) is 0 Å². The molecule has 0 spiro atoms. The molecule has 0 atom stereocenters. The van der Waals surface area contributed by atoms with E-state index in [4.69, 9.17) is 4.74 Å². The molecule has 0 aliphatic heterocycles. The lowest BCUT2D eigenvalue weighted by Crippen LogP contribution is -2.14. The Morgan fingerprint density at radius 2 is 2.00 bits per heavy atom. The Morgan fingerprint density at radius 3 is 2.74 bits per heavy atom. The van der Waals surface area contributed by atoms with Gasteiger partial charge in [0.1, 0.15) is 11.6 Å². The summed E-state index contributed by atoms with van der Waals surface area (Å²) in [7, 11) is 0. The van der Waals surface area contributed by atoms with Gasteiger partial charge in [0.2, 0.25) is 5.88 Å². The van der Waals surface area contributed by atoms with Crippen LogP contribution in [0.3, 0.4) is 0 Å². The van der Waals surface area contributed by atoms with Crippen molar-refractivity contribution < 1.29 is 9.13 Å². The number of pyridine rings is 1. The van der Waals surface area contributed by atoms with Gasteiger partial charge in [0.15, 0.2) is 0 Å². The number of hydrogen-bond acceptors (Lipinski definition) is 3. The van der Waals surface area contributed by atoms with E-state index in [0.717, 1.165) is 18.5 Å². The lowest BCUT2D eigenvalue weighted by Gasteiger charge is -2.10. The van der Waals surface area contributed by atoms with Crippen LogP contribution in [0, 0.1) is 5.82 Å². The second kappa shape index (κ2) is 6.85. The fourth-order valence-corrected chi connectivity index (χ4v) is 1.66. The van der Waals surface area contributed by atoms with Crippen molar-refractivity contribution in [1.82, 2.24) is 10.3 Å². The second-order valence-corrected chi connectivity index (χ2v) is 4.20. The molecule has 19 heavy (non-hydrogen) atoms.